The summed E-state index contributed by atoms with van der Waals surface area (Å²) < 4.78 is 54.0. The van der Waals surface area contributed by atoms with Crippen molar-refractivity contribution < 1.29 is 66.9 Å². The van der Waals surface area contributed by atoms with Crippen LogP contribution in [-0.4, -0.2) is 186 Å². The molecule has 82 heavy (non-hydrogen) atoms. The van der Waals surface area contributed by atoms with E-state index in [4.69, 9.17) is 58.3 Å². The summed E-state index contributed by atoms with van der Waals surface area (Å²) in [6.07, 6.45) is 6.17. The highest BCUT2D eigenvalue weighted by atomic mass is 32.1. The van der Waals surface area contributed by atoms with Gasteiger partial charge < -0.3 is 73.6 Å². The van der Waals surface area contributed by atoms with Gasteiger partial charge in [-0.05, 0) is 78.7 Å². The molecule has 5 heterocycles. The lowest BCUT2D eigenvalue weighted by Gasteiger charge is -2.31. The maximum atomic E-state index is 13.1. The fraction of sp³-hybridized carbons (Fsp3) is 0.600. The van der Waals surface area contributed by atoms with Crippen molar-refractivity contribution in [2.45, 2.75) is 95.6 Å². The van der Waals surface area contributed by atoms with Crippen molar-refractivity contribution in [1.82, 2.24) is 30.1 Å². The molecule has 2 aliphatic heterocycles. The Morgan fingerprint density at radius 1 is 0.756 bits per heavy atom. The predicted molar refractivity (Wildman–Crippen MR) is 310 cm³/mol. The van der Waals surface area contributed by atoms with E-state index in [2.05, 4.69) is 28.2 Å². The molecule has 1 atom stereocenters. The number of carbonyl (C=O) groups is 4. The monoisotopic (exact) mass is 1160 g/mol. The van der Waals surface area contributed by atoms with E-state index in [9.17, 15) is 24.3 Å². The van der Waals surface area contributed by atoms with E-state index in [1.807, 2.05) is 64.8 Å². The summed E-state index contributed by atoms with van der Waals surface area (Å²) in [5, 5.41) is 14.5. The SMILES string of the molecule is CCCCc1nc2c(N)nc3cc(C4CCN(C(=O)CCOCCOCCOCCOCCOCCOCCOCCNC(=O)[C@H](CCC(=O)O)NC(=O)OCC5c6ccccc6-c6ccccc65)CC4)sc3c2n1CC1CCOCC1. The zero-order chi connectivity index (χ0) is 57.3. The molecule has 0 saturated carbocycles. The van der Waals surface area contributed by atoms with Gasteiger partial charge in [-0.25, -0.2) is 14.8 Å². The largest absolute Gasteiger partial charge is 0.481 e. The van der Waals surface area contributed by atoms with Gasteiger partial charge in [-0.2, -0.15) is 0 Å². The molecule has 5 N–H and O–H groups in total. The Bertz CT molecular complexity index is 2750. The van der Waals surface area contributed by atoms with Crippen molar-refractivity contribution in [2.24, 2.45) is 5.92 Å². The van der Waals surface area contributed by atoms with E-state index >= 15 is 0 Å². The minimum absolute atomic E-state index is 0.0649. The second-order valence-corrected chi connectivity index (χ2v) is 21.9. The van der Waals surface area contributed by atoms with Crippen LogP contribution in [0.4, 0.5) is 10.6 Å². The van der Waals surface area contributed by atoms with Gasteiger partial charge in [0.2, 0.25) is 11.8 Å². The van der Waals surface area contributed by atoms with E-state index < -0.39 is 24.0 Å². The Hall–Kier alpha value is -5.82. The first kappa shape index (κ1) is 62.2. The molecular weight excluding hydrogens is 1070 g/mol. The van der Waals surface area contributed by atoms with E-state index in [0.29, 0.717) is 110 Å². The molecule has 2 saturated heterocycles. The number of ether oxygens (including phenoxy) is 9. The van der Waals surface area contributed by atoms with Gasteiger partial charge in [0.05, 0.1) is 115 Å². The lowest BCUT2D eigenvalue weighted by atomic mass is 9.95. The van der Waals surface area contributed by atoms with E-state index in [1.54, 1.807) is 0 Å². The normalized spacial score (nSPS) is 15.3. The number of nitrogens with one attached hydrogen (secondary N) is 2. The number of hydrogen-bond acceptors (Lipinski definition) is 17. The Morgan fingerprint density at radius 2 is 1.33 bits per heavy atom. The molecule has 0 spiro atoms. The van der Waals surface area contributed by atoms with Crippen LogP contribution in [0.1, 0.15) is 98.4 Å². The highest BCUT2D eigenvalue weighted by molar-refractivity contribution is 7.20. The third-order valence-corrected chi connectivity index (χ3v) is 16.4. The van der Waals surface area contributed by atoms with Gasteiger partial charge in [0.15, 0.2) is 5.82 Å². The van der Waals surface area contributed by atoms with Gasteiger partial charge >= 0.3 is 12.1 Å². The number of aryl methyl sites for hydroxylation is 1. The Morgan fingerprint density at radius 3 is 1.91 bits per heavy atom. The quantitative estimate of drug-likeness (QED) is 0.0289. The molecular formula is C60H83N7O14S. The van der Waals surface area contributed by atoms with Crippen LogP contribution in [0.5, 0.6) is 0 Å². The number of hydrogen-bond donors (Lipinski definition) is 4. The molecule has 22 heteroatoms. The van der Waals surface area contributed by atoms with Crippen molar-refractivity contribution in [3.05, 3.63) is 76.4 Å². The number of pyridine rings is 1. The molecule has 5 aromatic rings. The van der Waals surface area contributed by atoms with Gasteiger partial charge in [-0.3, -0.25) is 14.4 Å². The number of thiophene rings is 1. The van der Waals surface area contributed by atoms with Crippen LogP contribution in [0.15, 0.2) is 54.6 Å². The number of aromatic nitrogens is 3. The summed E-state index contributed by atoms with van der Waals surface area (Å²) in [7, 11) is 0. The maximum absolute atomic E-state index is 13.1. The highest BCUT2D eigenvalue weighted by Gasteiger charge is 2.31. The van der Waals surface area contributed by atoms with Crippen LogP contribution < -0.4 is 16.4 Å². The van der Waals surface area contributed by atoms with Crippen LogP contribution in [0.25, 0.3) is 32.4 Å². The van der Waals surface area contributed by atoms with E-state index in [0.717, 1.165) is 122 Å². The number of anilines is 1. The number of fused-ring (bicyclic) bond motifs is 6. The fourth-order valence-electron chi connectivity index (χ4n) is 10.7. The van der Waals surface area contributed by atoms with Crippen molar-refractivity contribution in [3.8, 4) is 11.1 Å². The number of imidazole rings is 1. The summed E-state index contributed by atoms with van der Waals surface area (Å²) in [4.78, 5) is 63.3. The van der Waals surface area contributed by atoms with Crippen molar-refractivity contribution in [1.29, 1.82) is 0 Å². The second-order valence-electron chi connectivity index (χ2n) is 20.8. The minimum Gasteiger partial charge on any atom is -0.481 e. The number of aliphatic carboxylic acids is 1. The molecule has 1 aliphatic carbocycles. The lowest BCUT2D eigenvalue weighted by molar-refractivity contribution is -0.137. The topological polar surface area (TPSA) is 256 Å². The van der Waals surface area contributed by atoms with Crippen LogP contribution >= 0.6 is 11.3 Å². The van der Waals surface area contributed by atoms with Crippen LogP contribution in [0.2, 0.25) is 0 Å². The third kappa shape index (κ3) is 18.3. The number of nitrogens with zero attached hydrogens (tertiary/aromatic N) is 4. The smallest absolute Gasteiger partial charge is 0.407 e. The summed E-state index contributed by atoms with van der Waals surface area (Å²) in [6.45, 7) is 11.7. The Kier molecular flexibility index (Phi) is 25.4. The van der Waals surface area contributed by atoms with Gasteiger partial charge in [0.25, 0.3) is 0 Å². The number of piperidine rings is 1. The average Bonchev–Trinajstić information content (AvgIpc) is 4.29. The minimum atomic E-state index is -1.10. The van der Waals surface area contributed by atoms with Crippen LogP contribution in [0.3, 0.4) is 0 Å². The van der Waals surface area contributed by atoms with E-state index in [1.165, 1.54) is 9.58 Å². The number of carboxylic acid groups (broad SMARTS) is 1. The number of nitrogens with two attached hydrogens (primary N) is 1. The van der Waals surface area contributed by atoms with Crippen LogP contribution in [0, 0.1) is 5.92 Å². The molecule has 0 unspecified atom stereocenters. The van der Waals surface area contributed by atoms with Gasteiger partial charge in [0.1, 0.15) is 24.0 Å². The van der Waals surface area contributed by atoms with Crippen molar-refractivity contribution >= 4 is 62.3 Å². The van der Waals surface area contributed by atoms with Crippen molar-refractivity contribution in [3.63, 3.8) is 0 Å². The second kappa shape index (κ2) is 33.5. The third-order valence-electron chi connectivity index (χ3n) is 15.1. The number of benzene rings is 2. The zero-order valence-corrected chi connectivity index (χ0v) is 48.3. The first-order valence-corrected chi connectivity index (χ1v) is 30.1. The van der Waals surface area contributed by atoms with Crippen LogP contribution in [-0.2, 0) is 70.0 Å². The molecule has 3 aliphatic rings. The molecule has 448 valence electrons. The first-order valence-electron chi connectivity index (χ1n) is 29.3. The number of carboxylic acids is 1. The number of amides is 3. The van der Waals surface area contributed by atoms with Gasteiger partial charge in [0, 0.05) is 63.0 Å². The van der Waals surface area contributed by atoms with Gasteiger partial charge in [-0.1, -0.05) is 61.9 Å². The molecule has 2 aromatic carbocycles. The fourth-order valence-corrected chi connectivity index (χ4v) is 12.0. The number of carbonyl (C=O) groups excluding carboxylic acids is 3. The number of nitrogen functional groups attached to an aromatic ring is 1. The van der Waals surface area contributed by atoms with E-state index in [-0.39, 0.29) is 44.4 Å². The highest BCUT2D eigenvalue weighted by Crippen LogP contribution is 2.45. The standard InChI is InChI=1S/C60H83N7O14S/c1-2-3-12-52-65-55-56(67(52)40-42-17-23-73-24-18-42)57-50(63-58(55)61)39-51(82-57)43-15-21-66(22-16-43)53(68)19-25-74-27-29-76-31-33-78-35-37-80-38-36-79-34-32-77-30-28-75-26-20-62-59(71)49(13-14-54(69)70)64-60(72)81-41-48-46-10-6-4-8-44(46)45-9-5-7-11-47(45)48/h4-11,39,42-43,48-49H,2-3,12-38,40-41H2,1H3,(H2,61,63)(H,62,71)(H,64,72)(H,69,70)/t49-/m0/s1. The average molecular weight is 1160 g/mol. The van der Waals surface area contributed by atoms with Crippen molar-refractivity contribution in [2.75, 3.05) is 138 Å². The summed E-state index contributed by atoms with van der Waals surface area (Å²) in [5.41, 5.74) is 13.8. The molecule has 21 nitrogen and oxygen atoms in total. The molecule has 8 rings (SSSR count). The summed E-state index contributed by atoms with van der Waals surface area (Å²) in [6, 6.07) is 17.0. The zero-order valence-electron chi connectivity index (χ0n) is 47.5. The number of alkyl carbamates (subject to hydrolysis) is 1. The molecule has 0 radical (unpaired) electrons. The first-order chi connectivity index (χ1) is 40.2. The Balaban J connectivity index is 0.579. The molecule has 0 bridgehead atoms. The summed E-state index contributed by atoms with van der Waals surface area (Å²) >= 11 is 1.82. The van der Waals surface area contributed by atoms with Gasteiger partial charge in [-0.15, -0.1) is 11.3 Å². The number of likely N-dealkylation sites (tertiary alicyclic amines) is 1. The predicted octanol–water partition coefficient (Wildman–Crippen LogP) is 7.10. The molecule has 3 amide bonds. The number of unbranched alkanes of at least 4 members (excludes halogenated alkanes) is 1. The molecule has 2 fully saturated rings. The molecule has 3 aromatic heterocycles. The summed E-state index contributed by atoms with van der Waals surface area (Å²) in [5.74, 6) is 0.864. The number of rotatable bonds is 37. The lowest BCUT2D eigenvalue weighted by Crippen LogP contribution is -2.48. The maximum Gasteiger partial charge on any atom is 0.407 e. The Labute approximate surface area is 484 Å².